The summed E-state index contributed by atoms with van der Waals surface area (Å²) in [6.45, 7) is 29.6. The van der Waals surface area contributed by atoms with E-state index in [-0.39, 0.29) is 0 Å². The van der Waals surface area contributed by atoms with Gasteiger partial charge in [0, 0.05) is 0 Å². The summed E-state index contributed by atoms with van der Waals surface area (Å²) in [6.07, 6.45) is 2.78. The Hall–Kier alpha value is -4.04. The van der Waals surface area contributed by atoms with Gasteiger partial charge in [-0.15, -0.1) is 0 Å². The Labute approximate surface area is 331 Å². The minimum atomic E-state index is -0.407. The van der Waals surface area contributed by atoms with E-state index < -0.39 is 6.10 Å². The summed E-state index contributed by atoms with van der Waals surface area (Å²) in [5.74, 6) is 2.96. The lowest BCUT2D eigenvalue weighted by molar-refractivity contribution is 0.123. The van der Waals surface area contributed by atoms with Crippen LogP contribution in [0.25, 0.3) is 0 Å². The second-order valence-corrected chi connectivity index (χ2v) is 10.4. The highest BCUT2D eigenvalue weighted by Gasteiger charge is 2.23. The van der Waals surface area contributed by atoms with E-state index in [0.717, 1.165) is 30.5 Å². The Morgan fingerprint density at radius 2 is 0.741 bits per heavy atom. The molecule has 6 rings (SSSR count). The summed E-state index contributed by atoms with van der Waals surface area (Å²) in [5, 5.41) is 17.5. The molecule has 0 bridgehead atoms. The molecule has 7 heteroatoms. The highest BCUT2D eigenvalue weighted by Crippen LogP contribution is 2.14. The molecule has 0 aromatic heterocycles. The lowest BCUT2D eigenvalue weighted by atomic mass is 10.3. The number of phenolic OH excluding ortho intramolecular Hbond substituents is 1. The van der Waals surface area contributed by atoms with E-state index in [4.69, 9.17) is 33.9 Å². The molecule has 308 valence electrons. The maximum absolute atomic E-state index is 8.89. The van der Waals surface area contributed by atoms with Crippen molar-refractivity contribution >= 4 is 0 Å². The maximum atomic E-state index is 8.89. The summed E-state index contributed by atoms with van der Waals surface area (Å²) in [5.41, 5.74) is 0. The van der Waals surface area contributed by atoms with E-state index >= 15 is 0 Å². The molecular formula is C47H78O7. The second-order valence-electron chi connectivity index (χ2n) is 10.4. The van der Waals surface area contributed by atoms with Crippen LogP contribution in [0.1, 0.15) is 103 Å². The van der Waals surface area contributed by atoms with Gasteiger partial charge in [0.2, 0.25) is 0 Å². The number of aliphatic hydroxyl groups is 1. The zero-order valence-corrected chi connectivity index (χ0v) is 36.2. The molecular weight excluding hydrogens is 677 g/mol. The van der Waals surface area contributed by atoms with E-state index in [2.05, 4.69) is 27.7 Å². The summed E-state index contributed by atoms with van der Waals surface area (Å²) in [7, 11) is 0. The van der Waals surface area contributed by atoms with E-state index in [1.165, 1.54) is 12.8 Å². The number of epoxide rings is 2. The Balaban J connectivity index is -0.000000280. The molecule has 2 aliphatic rings. The van der Waals surface area contributed by atoms with Crippen LogP contribution in [0.4, 0.5) is 0 Å². The van der Waals surface area contributed by atoms with Gasteiger partial charge in [0.25, 0.3) is 0 Å². The first kappa shape index (κ1) is 56.7. The van der Waals surface area contributed by atoms with Gasteiger partial charge in [-0.25, -0.2) is 0 Å². The van der Waals surface area contributed by atoms with Crippen LogP contribution in [0.2, 0.25) is 0 Å². The molecule has 3 atom stereocenters. The molecule has 3 unspecified atom stereocenters. The lowest BCUT2D eigenvalue weighted by Gasteiger charge is -2.06. The summed E-state index contributed by atoms with van der Waals surface area (Å²) >= 11 is 0. The van der Waals surface area contributed by atoms with Gasteiger partial charge in [-0.1, -0.05) is 169 Å². The molecule has 2 saturated heterocycles. The quantitative estimate of drug-likeness (QED) is 0.164. The molecule has 2 fully saturated rings. The fraction of sp³-hybridized carbons (Fsp3) is 0.489. The highest BCUT2D eigenvalue weighted by molar-refractivity contribution is 5.22. The fourth-order valence-electron chi connectivity index (χ4n) is 2.90. The van der Waals surface area contributed by atoms with Crippen LogP contribution in [0.5, 0.6) is 23.0 Å². The first-order valence-corrected chi connectivity index (χ1v) is 20.1. The van der Waals surface area contributed by atoms with Crippen LogP contribution in [-0.4, -0.2) is 61.6 Å². The molecule has 4 aromatic carbocycles. The molecule has 2 aliphatic heterocycles. The highest BCUT2D eigenvalue weighted by atomic mass is 16.6. The van der Waals surface area contributed by atoms with Gasteiger partial charge in [-0.05, 0) is 55.5 Å². The number of hydrogen-bond donors (Lipinski definition) is 2. The number of benzene rings is 4. The molecule has 7 nitrogen and oxygen atoms in total. The minimum Gasteiger partial charge on any atom is -0.508 e. The summed E-state index contributed by atoms with van der Waals surface area (Å²) in [4.78, 5) is 0. The summed E-state index contributed by atoms with van der Waals surface area (Å²) < 4.78 is 26.0. The standard InChI is InChI=1S/2C9H10O2.C9H12O2.C6H6O.2C3H8.4C2H6/c2*1-2-4-8(5-3-1)10-6-9-7-11-9;1-8(10)7-11-9-5-3-2-4-6-9;7-6-4-2-1-3-5-6;2*1-3-2;4*1-2/h2*1-5,9H,6-7H2;2-6,8,10H,7H2,1H3;1-5,7H;2*3H2,1-2H3;4*1-2H3. The van der Waals surface area contributed by atoms with Crippen molar-refractivity contribution in [2.45, 2.75) is 121 Å². The molecule has 54 heavy (non-hydrogen) atoms. The Morgan fingerprint density at radius 3 is 0.944 bits per heavy atom. The SMILES string of the molecule is CC.CC.CC.CC.CC(O)COc1ccccc1.CCC.CCC.Oc1ccccc1.c1ccc(OCC2CO2)cc1.c1ccc(OCC2CO2)cc1. The van der Waals surface area contributed by atoms with Gasteiger partial charge >= 0.3 is 0 Å². The molecule has 2 N–H and O–H groups in total. The van der Waals surface area contributed by atoms with Crippen molar-refractivity contribution in [2.24, 2.45) is 0 Å². The van der Waals surface area contributed by atoms with Crippen LogP contribution in [0, 0.1) is 0 Å². The van der Waals surface area contributed by atoms with E-state index in [9.17, 15) is 0 Å². The Morgan fingerprint density at radius 1 is 0.500 bits per heavy atom. The maximum Gasteiger partial charge on any atom is 0.119 e. The largest absolute Gasteiger partial charge is 0.508 e. The first-order valence-electron chi connectivity index (χ1n) is 20.1. The van der Waals surface area contributed by atoms with Crippen LogP contribution < -0.4 is 14.2 Å². The smallest absolute Gasteiger partial charge is 0.119 e. The third kappa shape index (κ3) is 44.1. The number of para-hydroxylation sites is 4. The van der Waals surface area contributed by atoms with E-state index in [1.54, 1.807) is 31.2 Å². The average Bonchev–Trinajstić information content (AvgIpc) is 4.18. The van der Waals surface area contributed by atoms with Gasteiger partial charge in [0.05, 0.1) is 19.3 Å². The van der Waals surface area contributed by atoms with Crippen LogP contribution in [-0.2, 0) is 9.47 Å². The first-order chi connectivity index (χ1) is 26.4. The zero-order valence-electron chi connectivity index (χ0n) is 36.2. The number of aliphatic hydroxyl groups excluding tert-OH is 1. The van der Waals surface area contributed by atoms with Crippen LogP contribution >= 0.6 is 0 Å². The molecule has 0 radical (unpaired) electrons. The topological polar surface area (TPSA) is 93.2 Å². The third-order valence-electron chi connectivity index (χ3n) is 5.15. The normalized spacial score (nSPS) is 13.4. The van der Waals surface area contributed by atoms with Crippen molar-refractivity contribution in [2.75, 3.05) is 33.0 Å². The van der Waals surface area contributed by atoms with Crippen molar-refractivity contribution in [1.29, 1.82) is 0 Å². The van der Waals surface area contributed by atoms with Crippen molar-refractivity contribution in [3.8, 4) is 23.0 Å². The summed E-state index contributed by atoms with van der Waals surface area (Å²) in [6, 6.07) is 37.7. The molecule has 0 amide bonds. The van der Waals surface area contributed by atoms with E-state index in [1.807, 2.05) is 152 Å². The fourth-order valence-corrected chi connectivity index (χ4v) is 2.90. The number of hydrogen-bond acceptors (Lipinski definition) is 7. The number of aromatic hydroxyl groups is 1. The van der Waals surface area contributed by atoms with Gasteiger partial charge in [-0.3, -0.25) is 0 Å². The predicted molar refractivity (Wildman–Crippen MR) is 232 cm³/mol. The van der Waals surface area contributed by atoms with Crippen LogP contribution in [0.15, 0.2) is 121 Å². The zero-order chi connectivity index (χ0) is 41.7. The van der Waals surface area contributed by atoms with Crippen molar-refractivity contribution in [1.82, 2.24) is 0 Å². The van der Waals surface area contributed by atoms with Crippen molar-refractivity contribution in [3.05, 3.63) is 121 Å². The molecule has 2 heterocycles. The molecule has 4 aromatic rings. The van der Waals surface area contributed by atoms with Gasteiger partial charge < -0.3 is 33.9 Å². The minimum absolute atomic E-state index is 0.322. The lowest BCUT2D eigenvalue weighted by Crippen LogP contribution is -2.12. The van der Waals surface area contributed by atoms with Gasteiger partial charge in [0.1, 0.15) is 55.0 Å². The predicted octanol–water partition coefficient (Wildman–Crippen LogP) is 12.7. The number of ether oxygens (including phenoxy) is 5. The van der Waals surface area contributed by atoms with Gasteiger partial charge in [0.15, 0.2) is 0 Å². The van der Waals surface area contributed by atoms with Crippen molar-refractivity contribution in [3.63, 3.8) is 0 Å². The monoisotopic (exact) mass is 755 g/mol. The molecule has 0 spiro atoms. The van der Waals surface area contributed by atoms with Gasteiger partial charge in [-0.2, -0.15) is 0 Å². The third-order valence-corrected chi connectivity index (χ3v) is 5.15. The molecule has 0 aliphatic carbocycles. The Kier molecular flexibility index (Phi) is 49.3. The second kappa shape index (κ2) is 47.0. The number of rotatable bonds is 9. The van der Waals surface area contributed by atoms with Crippen molar-refractivity contribution < 1.29 is 33.9 Å². The number of phenols is 1. The molecule has 0 saturated carbocycles. The van der Waals surface area contributed by atoms with Crippen LogP contribution in [0.3, 0.4) is 0 Å². The average molecular weight is 755 g/mol. The van der Waals surface area contributed by atoms with E-state index in [0.29, 0.717) is 37.8 Å². The Bertz CT molecular complexity index is 1060.